The van der Waals surface area contributed by atoms with Crippen molar-refractivity contribution in [3.63, 3.8) is 0 Å². The molecular weight excluding hydrogens is 246 g/mol. The Morgan fingerprint density at radius 3 is 2.00 bits per heavy atom. The van der Waals surface area contributed by atoms with E-state index in [0.717, 1.165) is 0 Å². The first kappa shape index (κ1) is 17.7. The van der Waals surface area contributed by atoms with Crippen LogP contribution in [0.15, 0.2) is 0 Å². The van der Waals surface area contributed by atoms with E-state index in [4.69, 9.17) is 20.1 Å². The maximum Gasteiger partial charge on any atom is 0.173 e. The topological polar surface area (TPSA) is 143 Å². The molecule has 1 unspecified atom stereocenters. The number of hydrogen-bond donors (Lipinski definition) is 7. The Morgan fingerprint density at radius 2 is 1.67 bits per heavy atom. The predicted octanol–water partition coefficient (Wildman–Crippen LogP) is -3.63. The summed E-state index contributed by atoms with van der Waals surface area (Å²) >= 11 is 0. The molecule has 0 amide bonds. The summed E-state index contributed by atoms with van der Waals surface area (Å²) in [6.07, 6.45) is -5.05. The highest BCUT2D eigenvalue weighted by Gasteiger charge is 2.42. The van der Waals surface area contributed by atoms with Crippen molar-refractivity contribution in [2.24, 2.45) is 0 Å². The van der Waals surface area contributed by atoms with E-state index in [1.54, 1.807) is 0 Å². The normalized spacial score (nSPS) is 37.7. The molecule has 8 heteroatoms. The molecule has 1 rings (SSSR count). The van der Waals surface area contributed by atoms with Crippen molar-refractivity contribution in [1.82, 2.24) is 5.32 Å². The smallest absolute Gasteiger partial charge is 0.173 e. The number of aliphatic hydroxyl groups is 6. The number of likely N-dealkylation sites (N-methyl/N-ethyl adjacent to an activating group) is 1. The molecule has 0 aliphatic carbocycles. The fraction of sp³-hybridized carbons (Fsp3) is 1.00. The van der Waals surface area contributed by atoms with E-state index >= 15 is 0 Å². The van der Waals surface area contributed by atoms with E-state index in [2.05, 4.69) is 5.32 Å². The largest absolute Gasteiger partial charge is 0.394 e. The number of hydrogen-bond acceptors (Lipinski definition) is 8. The van der Waals surface area contributed by atoms with Crippen molar-refractivity contribution in [2.45, 2.75) is 43.7 Å². The molecule has 1 saturated heterocycles. The average Bonchev–Trinajstić information content (AvgIpc) is 2.35. The summed E-state index contributed by atoms with van der Waals surface area (Å²) < 4.78 is 4.85. The monoisotopic (exact) mass is 269 g/mol. The second-order valence-electron chi connectivity index (χ2n) is 4.07. The van der Waals surface area contributed by atoms with Gasteiger partial charge in [-0.1, -0.05) is 0 Å². The van der Waals surface area contributed by atoms with Crippen molar-refractivity contribution < 1.29 is 35.4 Å². The Bertz CT molecular complexity index is 216. The van der Waals surface area contributed by atoms with Gasteiger partial charge in [-0.15, -0.1) is 0 Å². The molecule has 0 saturated carbocycles. The molecule has 110 valence electrons. The van der Waals surface area contributed by atoms with E-state index in [1.165, 1.54) is 14.0 Å². The summed E-state index contributed by atoms with van der Waals surface area (Å²) in [6, 6.07) is -0.738. The molecule has 1 fully saturated rings. The molecule has 7 N–H and O–H groups in total. The minimum absolute atomic E-state index is 0.139. The van der Waals surface area contributed by atoms with Crippen LogP contribution in [0.1, 0.15) is 6.92 Å². The van der Waals surface area contributed by atoms with Gasteiger partial charge in [0.25, 0.3) is 0 Å². The molecule has 0 bridgehead atoms. The van der Waals surface area contributed by atoms with Gasteiger partial charge >= 0.3 is 0 Å². The van der Waals surface area contributed by atoms with Crippen LogP contribution in [-0.2, 0) is 4.74 Å². The summed E-state index contributed by atoms with van der Waals surface area (Å²) in [6.45, 7) is 0.950. The van der Waals surface area contributed by atoms with Gasteiger partial charge in [-0.3, -0.25) is 0 Å². The minimum atomic E-state index is -1.22. The summed E-state index contributed by atoms with van der Waals surface area (Å²) in [5.74, 6) is 0. The van der Waals surface area contributed by atoms with Crippen molar-refractivity contribution in [1.29, 1.82) is 0 Å². The van der Waals surface area contributed by atoms with Gasteiger partial charge in [-0.25, -0.2) is 0 Å². The Morgan fingerprint density at radius 1 is 1.17 bits per heavy atom. The molecule has 0 aromatic carbocycles. The highest BCUT2D eigenvalue weighted by molar-refractivity contribution is 4.91. The van der Waals surface area contributed by atoms with Gasteiger partial charge in [0.15, 0.2) is 6.29 Å². The highest BCUT2D eigenvalue weighted by Crippen LogP contribution is 2.18. The molecule has 6 atom stereocenters. The van der Waals surface area contributed by atoms with Gasteiger partial charge < -0.3 is 40.7 Å². The molecule has 1 heterocycles. The van der Waals surface area contributed by atoms with Crippen molar-refractivity contribution in [3.8, 4) is 0 Å². The molecule has 0 aromatic rings. The molecule has 8 nitrogen and oxygen atoms in total. The van der Waals surface area contributed by atoms with Crippen LogP contribution in [-0.4, -0.2) is 87.6 Å². The maximum absolute atomic E-state index is 9.45. The number of ether oxygens (including phenoxy) is 1. The van der Waals surface area contributed by atoms with Crippen molar-refractivity contribution in [3.05, 3.63) is 0 Å². The highest BCUT2D eigenvalue weighted by atomic mass is 16.6. The second-order valence-corrected chi connectivity index (χ2v) is 4.07. The predicted molar refractivity (Wildman–Crippen MR) is 61.6 cm³/mol. The first-order valence-corrected chi connectivity index (χ1v) is 5.65. The van der Waals surface area contributed by atoms with Crippen molar-refractivity contribution >= 4 is 0 Å². The number of rotatable bonds is 3. The van der Waals surface area contributed by atoms with Gasteiger partial charge in [0, 0.05) is 0 Å². The van der Waals surface area contributed by atoms with E-state index in [1.807, 2.05) is 0 Å². The van der Waals surface area contributed by atoms with Gasteiger partial charge in [0.2, 0.25) is 0 Å². The van der Waals surface area contributed by atoms with Gasteiger partial charge in [-0.05, 0) is 14.0 Å². The van der Waals surface area contributed by atoms with Gasteiger partial charge in [0.05, 0.1) is 25.4 Å². The van der Waals surface area contributed by atoms with Crippen LogP contribution < -0.4 is 5.32 Å². The first-order chi connectivity index (χ1) is 8.38. The van der Waals surface area contributed by atoms with Gasteiger partial charge in [0.1, 0.15) is 18.3 Å². The zero-order valence-electron chi connectivity index (χ0n) is 10.5. The summed E-state index contributed by atoms with van der Waals surface area (Å²) in [5, 5.41) is 55.5. The van der Waals surface area contributed by atoms with E-state index < -0.39 is 43.4 Å². The van der Waals surface area contributed by atoms with E-state index in [0.29, 0.717) is 0 Å². The molecular formula is C10H23NO7. The lowest BCUT2D eigenvalue weighted by Crippen LogP contribution is -2.62. The fourth-order valence-electron chi connectivity index (χ4n) is 1.41. The number of nitrogens with one attached hydrogen (secondary N) is 1. The quantitative estimate of drug-likeness (QED) is 0.278. The van der Waals surface area contributed by atoms with Crippen LogP contribution in [0.3, 0.4) is 0 Å². The Kier molecular flexibility index (Phi) is 8.57. The van der Waals surface area contributed by atoms with Crippen LogP contribution in [0.5, 0.6) is 0 Å². The standard InChI is InChI=1S/C7H15NO5.C3H8O2/c1-8-4-6(11)5(10)3(2-9)13-7(4)12;1-3(5)2-4/h3-12H,2H2,1H3;3-5H,2H2,1H3/t3-,4-,5-,6-,7-;/m1./s1. The summed E-state index contributed by atoms with van der Waals surface area (Å²) in [4.78, 5) is 0. The molecule has 0 aromatic heterocycles. The lowest BCUT2D eigenvalue weighted by molar-refractivity contribution is -0.253. The van der Waals surface area contributed by atoms with Crippen LogP contribution in [0.25, 0.3) is 0 Å². The Labute approximate surface area is 105 Å². The SMILES string of the molecule is CC(O)CO.CN[C@@H]1[C@@H](O)[C@H](O)[C@@H](CO)O[C@H]1O. The van der Waals surface area contributed by atoms with Crippen LogP contribution in [0.2, 0.25) is 0 Å². The lowest BCUT2D eigenvalue weighted by Gasteiger charge is -2.39. The third kappa shape index (κ3) is 5.12. The fourth-order valence-corrected chi connectivity index (χ4v) is 1.41. The minimum Gasteiger partial charge on any atom is -0.394 e. The average molecular weight is 269 g/mol. The summed E-state index contributed by atoms with van der Waals surface area (Å²) in [7, 11) is 1.53. The molecule has 18 heavy (non-hydrogen) atoms. The second kappa shape index (κ2) is 8.73. The molecule has 0 spiro atoms. The zero-order chi connectivity index (χ0) is 14.3. The van der Waals surface area contributed by atoms with E-state index in [9.17, 15) is 15.3 Å². The van der Waals surface area contributed by atoms with Crippen molar-refractivity contribution in [2.75, 3.05) is 20.3 Å². The summed E-state index contributed by atoms with van der Waals surface area (Å²) in [5.41, 5.74) is 0. The Balaban J connectivity index is 0.000000494. The van der Waals surface area contributed by atoms with Crippen LogP contribution in [0.4, 0.5) is 0 Å². The number of aliphatic hydroxyl groups excluding tert-OH is 6. The molecule has 0 radical (unpaired) electrons. The third-order valence-electron chi connectivity index (χ3n) is 2.50. The first-order valence-electron chi connectivity index (χ1n) is 5.65. The Hall–Kier alpha value is -0.320. The third-order valence-corrected chi connectivity index (χ3v) is 2.50. The van der Waals surface area contributed by atoms with E-state index in [-0.39, 0.29) is 6.61 Å². The van der Waals surface area contributed by atoms with Crippen LogP contribution >= 0.6 is 0 Å². The van der Waals surface area contributed by atoms with Gasteiger partial charge in [-0.2, -0.15) is 0 Å². The van der Waals surface area contributed by atoms with Crippen LogP contribution in [0, 0.1) is 0 Å². The lowest BCUT2D eigenvalue weighted by atomic mass is 9.97. The molecule has 1 aliphatic rings. The molecule has 1 aliphatic heterocycles. The zero-order valence-corrected chi connectivity index (χ0v) is 10.5. The maximum atomic E-state index is 9.45.